The van der Waals surface area contributed by atoms with Crippen LogP contribution in [0, 0.1) is 6.92 Å². The summed E-state index contributed by atoms with van der Waals surface area (Å²) in [5.74, 6) is 2.37. The first-order valence-corrected chi connectivity index (χ1v) is 10.4. The van der Waals surface area contributed by atoms with Crippen molar-refractivity contribution in [3.8, 4) is 23.0 Å². The number of aromatic nitrogens is 1. The molecule has 0 amide bonds. The summed E-state index contributed by atoms with van der Waals surface area (Å²) in [6, 6.07) is 11.8. The number of benzene rings is 2. The van der Waals surface area contributed by atoms with Gasteiger partial charge in [-0.1, -0.05) is 29.3 Å². The molecule has 32 heavy (non-hydrogen) atoms. The molecule has 7 nitrogen and oxygen atoms in total. The van der Waals surface area contributed by atoms with Crippen molar-refractivity contribution in [2.45, 2.75) is 26.9 Å². The molecule has 0 bridgehead atoms. The molecule has 0 aliphatic rings. The lowest BCUT2D eigenvalue weighted by Gasteiger charge is -2.15. The predicted molar refractivity (Wildman–Crippen MR) is 138 cm³/mol. The SMILES string of the molecule is CCOc1c(Cl)cc(CNC(=NC)NCc2coc(-c3ccc(C)cc3)n2)cc1OC.I. The highest BCUT2D eigenvalue weighted by Crippen LogP contribution is 2.36. The zero-order valence-corrected chi connectivity index (χ0v) is 21.7. The van der Waals surface area contributed by atoms with E-state index in [9.17, 15) is 0 Å². The maximum absolute atomic E-state index is 6.35. The van der Waals surface area contributed by atoms with Crippen LogP contribution in [0.3, 0.4) is 0 Å². The van der Waals surface area contributed by atoms with E-state index in [1.807, 2.05) is 50.2 Å². The maximum Gasteiger partial charge on any atom is 0.226 e. The Hall–Kier alpha value is -2.46. The van der Waals surface area contributed by atoms with Crippen molar-refractivity contribution in [3.05, 3.63) is 64.5 Å². The Morgan fingerprint density at radius 3 is 2.53 bits per heavy atom. The van der Waals surface area contributed by atoms with E-state index < -0.39 is 0 Å². The molecular formula is C23H28ClIN4O3. The van der Waals surface area contributed by atoms with E-state index in [-0.39, 0.29) is 24.0 Å². The van der Waals surface area contributed by atoms with Crippen LogP contribution in [-0.4, -0.2) is 31.7 Å². The van der Waals surface area contributed by atoms with Crippen molar-refractivity contribution in [3.63, 3.8) is 0 Å². The summed E-state index contributed by atoms with van der Waals surface area (Å²) in [4.78, 5) is 8.79. The minimum absolute atomic E-state index is 0. The molecule has 0 unspecified atom stereocenters. The number of oxazole rings is 1. The van der Waals surface area contributed by atoms with Gasteiger partial charge in [0, 0.05) is 19.2 Å². The molecule has 0 atom stereocenters. The molecule has 9 heteroatoms. The molecule has 3 aromatic rings. The first kappa shape index (κ1) is 25.8. The number of nitrogens with zero attached hydrogens (tertiary/aromatic N) is 2. The van der Waals surface area contributed by atoms with Gasteiger partial charge in [-0.05, 0) is 43.7 Å². The van der Waals surface area contributed by atoms with Gasteiger partial charge in [0.15, 0.2) is 17.5 Å². The molecule has 0 aliphatic carbocycles. The monoisotopic (exact) mass is 570 g/mol. The number of halogens is 2. The number of guanidine groups is 1. The first-order valence-electron chi connectivity index (χ1n) is 9.99. The highest BCUT2D eigenvalue weighted by atomic mass is 127. The fourth-order valence-corrected chi connectivity index (χ4v) is 3.25. The van der Waals surface area contributed by atoms with Gasteiger partial charge in [0.2, 0.25) is 5.89 Å². The van der Waals surface area contributed by atoms with E-state index in [1.54, 1.807) is 20.4 Å². The zero-order chi connectivity index (χ0) is 22.2. The second kappa shape index (κ2) is 12.5. The Morgan fingerprint density at radius 1 is 1.16 bits per heavy atom. The summed E-state index contributed by atoms with van der Waals surface area (Å²) in [5, 5.41) is 7.00. The molecule has 0 aliphatic heterocycles. The third-order valence-corrected chi connectivity index (χ3v) is 4.83. The van der Waals surface area contributed by atoms with Crippen LogP contribution in [0.4, 0.5) is 0 Å². The normalized spacial score (nSPS) is 11.0. The van der Waals surface area contributed by atoms with Crippen LogP contribution in [-0.2, 0) is 13.1 Å². The number of hydrogen-bond donors (Lipinski definition) is 2. The van der Waals surface area contributed by atoms with Crippen molar-refractivity contribution in [1.82, 2.24) is 15.6 Å². The Labute approximate surface area is 210 Å². The van der Waals surface area contributed by atoms with Crippen LogP contribution in [0.2, 0.25) is 5.02 Å². The Kier molecular flexibility index (Phi) is 10.1. The molecule has 0 fully saturated rings. The van der Waals surface area contributed by atoms with Crippen molar-refractivity contribution >= 4 is 41.5 Å². The zero-order valence-electron chi connectivity index (χ0n) is 18.6. The largest absolute Gasteiger partial charge is 0.493 e. The number of ether oxygens (including phenoxy) is 2. The lowest BCUT2D eigenvalue weighted by molar-refractivity contribution is 0.311. The average Bonchev–Trinajstić information content (AvgIpc) is 3.25. The van der Waals surface area contributed by atoms with Gasteiger partial charge in [0.25, 0.3) is 0 Å². The number of rotatable bonds is 8. The lowest BCUT2D eigenvalue weighted by Crippen LogP contribution is -2.36. The van der Waals surface area contributed by atoms with Crippen LogP contribution in [0.25, 0.3) is 11.5 Å². The minimum Gasteiger partial charge on any atom is -0.493 e. The van der Waals surface area contributed by atoms with E-state index >= 15 is 0 Å². The van der Waals surface area contributed by atoms with Crippen molar-refractivity contribution < 1.29 is 13.9 Å². The molecule has 2 N–H and O–H groups in total. The fraction of sp³-hybridized carbons (Fsp3) is 0.304. The number of aliphatic imine (C=N–C) groups is 1. The molecular weight excluding hydrogens is 543 g/mol. The standard InChI is InChI=1S/C23H27ClN4O3.HI/c1-5-30-21-19(24)10-16(11-20(21)29-4)12-26-23(25-3)27-13-18-14-31-22(28-18)17-8-6-15(2)7-9-17;/h6-11,14H,5,12-13H2,1-4H3,(H2,25,26,27);1H. The van der Waals surface area contributed by atoms with Crippen LogP contribution >= 0.6 is 35.6 Å². The molecule has 1 heterocycles. The quantitative estimate of drug-likeness (QED) is 0.220. The van der Waals surface area contributed by atoms with Crippen LogP contribution in [0.15, 0.2) is 52.1 Å². The third kappa shape index (κ3) is 6.77. The van der Waals surface area contributed by atoms with Crippen molar-refractivity contribution in [2.24, 2.45) is 4.99 Å². The minimum atomic E-state index is 0. The second-order valence-corrected chi connectivity index (χ2v) is 7.24. The van der Waals surface area contributed by atoms with Crippen LogP contribution < -0.4 is 20.1 Å². The predicted octanol–water partition coefficient (Wildman–Crippen LogP) is 5.19. The topological polar surface area (TPSA) is 80.9 Å². The fourth-order valence-electron chi connectivity index (χ4n) is 2.96. The van der Waals surface area contributed by atoms with Gasteiger partial charge in [-0.3, -0.25) is 4.99 Å². The number of methoxy groups -OCH3 is 1. The molecule has 2 aromatic carbocycles. The van der Waals surface area contributed by atoms with Crippen molar-refractivity contribution in [2.75, 3.05) is 20.8 Å². The van der Waals surface area contributed by atoms with Gasteiger partial charge in [-0.15, -0.1) is 24.0 Å². The number of aryl methyl sites for hydroxylation is 1. The Balaban J connectivity index is 0.00000363. The highest BCUT2D eigenvalue weighted by Gasteiger charge is 2.12. The van der Waals surface area contributed by atoms with Crippen LogP contribution in [0.5, 0.6) is 11.5 Å². The summed E-state index contributed by atoms with van der Waals surface area (Å²) in [7, 11) is 3.30. The summed E-state index contributed by atoms with van der Waals surface area (Å²) in [5.41, 5.74) is 3.86. The molecule has 0 saturated carbocycles. The van der Waals surface area contributed by atoms with E-state index in [0.717, 1.165) is 16.8 Å². The first-order chi connectivity index (χ1) is 15.0. The van der Waals surface area contributed by atoms with Gasteiger partial charge < -0.3 is 24.5 Å². The summed E-state index contributed by atoms with van der Waals surface area (Å²) >= 11 is 6.35. The molecule has 0 radical (unpaired) electrons. The molecule has 0 saturated heterocycles. The average molecular weight is 571 g/mol. The van der Waals surface area contributed by atoms with Gasteiger partial charge in [-0.25, -0.2) is 4.98 Å². The third-order valence-electron chi connectivity index (χ3n) is 4.55. The molecule has 0 spiro atoms. The number of nitrogens with one attached hydrogen (secondary N) is 2. The summed E-state index contributed by atoms with van der Waals surface area (Å²) in [6.07, 6.45) is 1.65. The van der Waals surface area contributed by atoms with Gasteiger partial charge in [0.1, 0.15) is 6.26 Å². The molecule has 172 valence electrons. The smallest absolute Gasteiger partial charge is 0.226 e. The van der Waals surface area contributed by atoms with Gasteiger partial charge in [-0.2, -0.15) is 0 Å². The van der Waals surface area contributed by atoms with E-state index in [4.69, 9.17) is 25.5 Å². The maximum atomic E-state index is 6.35. The summed E-state index contributed by atoms with van der Waals surface area (Å²) in [6.45, 7) is 5.44. The molecule has 1 aromatic heterocycles. The van der Waals surface area contributed by atoms with E-state index in [1.165, 1.54) is 5.56 Å². The Morgan fingerprint density at radius 2 is 1.88 bits per heavy atom. The van der Waals surface area contributed by atoms with Crippen molar-refractivity contribution in [1.29, 1.82) is 0 Å². The van der Waals surface area contributed by atoms with E-state index in [0.29, 0.717) is 48.1 Å². The lowest BCUT2D eigenvalue weighted by atomic mass is 10.1. The van der Waals surface area contributed by atoms with E-state index in [2.05, 4.69) is 20.6 Å². The molecule has 3 rings (SSSR count). The summed E-state index contributed by atoms with van der Waals surface area (Å²) < 4.78 is 16.6. The van der Waals surface area contributed by atoms with Gasteiger partial charge >= 0.3 is 0 Å². The van der Waals surface area contributed by atoms with Crippen LogP contribution in [0.1, 0.15) is 23.7 Å². The second-order valence-electron chi connectivity index (χ2n) is 6.83. The highest BCUT2D eigenvalue weighted by molar-refractivity contribution is 14.0. The van der Waals surface area contributed by atoms with Gasteiger partial charge in [0.05, 0.1) is 31.0 Å². The Bertz CT molecular complexity index is 1040. The number of hydrogen-bond acceptors (Lipinski definition) is 5.